The number of nitriles is 1. The minimum Gasteiger partial charge on any atom is -0.387 e. The first-order valence-corrected chi connectivity index (χ1v) is 8.81. The average molecular weight is 384 g/mol. The van der Waals surface area contributed by atoms with Gasteiger partial charge in [-0.2, -0.15) is 5.26 Å². The van der Waals surface area contributed by atoms with Crippen LogP contribution in [-0.4, -0.2) is 64.6 Å². The summed E-state index contributed by atoms with van der Waals surface area (Å²) in [6, 6.07) is 3.58. The number of H-pyrrole nitrogens is 1. The minimum atomic E-state index is -2.52. The summed E-state index contributed by atoms with van der Waals surface area (Å²) < 4.78 is 5.32. The van der Waals surface area contributed by atoms with Gasteiger partial charge in [0.2, 0.25) is 0 Å². The van der Waals surface area contributed by atoms with Crippen LogP contribution in [0.2, 0.25) is 0 Å². The van der Waals surface area contributed by atoms with E-state index < -0.39 is 23.0 Å². The van der Waals surface area contributed by atoms with Crippen molar-refractivity contribution in [1.29, 1.82) is 5.26 Å². The zero-order valence-electron chi connectivity index (χ0n) is 15.6. The monoisotopic (exact) mass is 384 g/mol. The van der Waals surface area contributed by atoms with Gasteiger partial charge in [-0.1, -0.05) is 0 Å². The Bertz CT molecular complexity index is 984. The molecule has 0 aromatic carbocycles. The van der Waals surface area contributed by atoms with Crippen molar-refractivity contribution in [3.63, 3.8) is 0 Å². The van der Waals surface area contributed by atoms with Gasteiger partial charge in [-0.25, -0.2) is 0 Å². The summed E-state index contributed by atoms with van der Waals surface area (Å²) in [5.74, 6) is 0. The second-order valence-corrected chi connectivity index (χ2v) is 7.03. The number of fused-ring (bicyclic) bond motifs is 1. The standard InChI is InChI=1S/C18H21BN4O5/c1-10(24)13-7-11-14(9-21-13)22-16(25)12(8-20)15(11)23-5-3-17(28-2,4-6-23)18(19,26)27/h7,9-10,24,26-27H,3-6H2,1-2H3,(H,22,25). The summed E-state index contributed by atoms with van der Waals surface area (Å²) in [5.41, 5.74) is -3.24. The summed E-state index contributed by atoms with van der Waals surface area (Å²) >= 11 is 0. The highest BCUT2D eigenvalue weighted by Crippen LogP contribution is 2.37. The van der Waals surface area contributed by atoms with Crippen LogP contribution in [0.25, 0.3) is 10.9 Å². The van der Waals surface area contributed by atoms with Crippen LogP contribution in [0.1, 0.15) is 37.1 Å². The lowest BCUT2D eigenvalue weighted by Crippen LogP contribution is -2.61. The topological polar surface area (TPSA) is 143 Å². The molecule has 2 aromatic heterocycles. The Morgan fingerprint density at radius 1 is 1.46 bits per heavy atom. The van der Waals surface area contributed by atoms with E-state index in [1.54, 1.807) is 13.0 Å². The summed E-state index contributed by atoms with van der Waals surface area (Å²) in [4.78, 5) is 21.0. The third kappa shape index (κ3) is 3.27. The molecule has 1 atom stereocenters. The third-order valence-corrected chi connectivity index (χ3v) is 5.38. The van der Waals surface area contributed by atoms with Crippen LogP contribution in [0, 0.1) is 11.3 Å². The molecule has 1 aliphatic rings. The van der Waals surface area contributed by atoms with E-state index in [9.17, 15) is 25.4 Å². The predicted octanol–water partition coefficient (Wildman–Crippen LogP) is -0.360. The molecule has 10 heteroatoms. The number of pyridine rings is 2. The number of anilines is 1. The first-order valence-electron chi connectivity index (χ1n) is 8.81. The second-order valence-electron chi connectivity index (χ2n) is 7.03. The Morgan fingerprint density at radius 2 is 2.11 bits per heavy atom. The van der Waals surface area contributed by atoms with E-state index in [2.05, 4.69) is 9.97 Å². The predicted molar refractivity (Wildman–Crippen MR) is 102 cm³/mol. The first-order chi connectivity index (χ1) is 13.1. The minimum absolute atomic E-state index is 0.0628. The van der Waals surface area contributed by atoms with Gasteiger partial charge in [0.25, 0.3) is 5.56 Å². The van der Waals surface area contributed by atoms with Crippen molar-refractivity contribution in [2.45, 2.75) is 37.2 Å². The van der Waals surface area contributed by atoms with Crippen molar-refractivity contribution in [3.8, 4) is 6.07 Å². The molecular formula is C18H21BN4O5. The maximum Gasteiger partial charge on any atom is 0.268 e. The van der Waals surface area contributed by atoms with Gasteiger partial charge >= 0.3 is 0 Å². The Balaban J connectivity index is 2.11. The summed E-state index contributed by atoms with van der Waals surface area (Å²) in [5, 5.41) is 39.8. The SMILES string of the molecule is [B]C(O)(O)C1(OC)CCN(c2c(C#N)c(=O)[nH]c3cnc(C(C)O)cc23)CC1. The van der Waals surface area contributed by atoms with Gasteiger partial charge < -0.3 is 29.9 Å². The number of hydrogen-bond donors (Lipinski definition) is 4. The van der Waals surface area contributed by atoms with Gasteiger partial charge in [-0.05, 0) is 25.8 Å². The quantitative estimate of drug-likeness (QED) is 0.414. The lowest BCUT2D eigenvalue weighted by molar-refractivity contribution is -0.237. The molecule has 1 aliphatic heterocycles. The number of aliphatic hydroxyl groups excluding tert-OH is 1. The van der Waals surface area contributed by atoms with E-state index >= 15 is 0 Å². The molecule has 0 aliphatic carbocycles. The molecule has 2 aromatic rings. The number of hydrogen-bond acceptors (Lipinski definition) is 8. The van der Waals surface area contributed by atoms with Crippen molar-refractivity contribution in [1.82, 2.24) is 9.97 Å². The zero-order chi connectivity index (χ0) is 20.7. The summed E-state index contributed by atoms with van der Waals surface area (Å²) in [6.45, 7) is 2.11. The highest BCUT2D eigenvalue weighted by atomic mass is 16.6. The fourth-order valence-electron chi connectivity index (χ4n) is 3.67. The number of aromatic nitrogens is 2. The van der Waals surface area contributed by atoms with Gasteiger partial charge in [-0.3, -0.25) is 9.78 Å². The normalized spacial score (nSPS) is 18.1. The molecule has 146 valence electrons. The average Bonchev–Trinajstić information content (AvgIpc) is 2.65. The fraction of sp³-hybridized carbons (Fsp3) is 0.500. The number of piperidine rings is 1. The number of aromatic amines is 1. The number of methoxy groups -OCH3 is 1. The van der Waals surface area contributed by atoms with Crippen LogP contribution in [0.4, 0.5) is 5.69 Å². The molecule has 2 radical (unpaired) electrons. The Morgan fingerprint density at radius 3 is 2.61 bits per heavy atom. The van der Waals surface area contributed by atoms with Crippen LogP contribution in [0.5, 0.6) is 0 Å². The maximum absolute atomic E-state index is 12.4. The van der Waals surface area contributed by atoms with E-state index in [4.69, 9.17) is 12.6 Å². The van der Waals surface area contributed by atoms with Crippen LogP contribution in [-0.2, 0) is 4.74 Å². The first kappa shape index (κ1) is 20.3. The molecule has 9 nitrogen and oxygen atoms in total. The molecule has 1 unspecified atom stereocenters. The van der Waals surface area contributed by atoms with Crippen LogP contribution in [0.15, 0.2) is 17.1 Å². The molecule has 0 spiro atoms. The fourth-order valence-corrected chi connectivity index (χ4v) is 3.67. The number of nitrogens with one attached hydrogen (secondary N) is 1. The largest absolute Gasteiger partial charge is 0.387 e. The number of ether oxygens (including phenoxy) is 1. The van der Waals surface area contributed by atoms with Gasteiger partial charge in [-0.15, -0.1) is 0 Å². The third-order valence-electron chi connectivity index (χ3n) is 5.38. The number of nitrogens with zero attached hydrogens (tertiary/aromatic N) is 3. The van der Waals surface area contributed by atoms with Gasteiger partial charge in [0.15, 0.2) is 7.85 Å². The van der Waals surface area contributed by atoms with Crippen molar-refractivity contribution >= 4 is 24.4 Å². The Kier molecular flexibility index (Phi) is 5.21. The van der Waals surface area contributed by atoms with Crippen LogP contribution >= 0.6 is 0 Å². The van der Waals surface area contributed by atoms with Gasteiger partial charge in [0.1, 0.15) is 22.9 Å². The van der Waals surface area contributed by atoms with Gasteiger partial charge in [0.05, 0.1) is 29.2 Å². The molecule has 4 N–H and O–H groups in total. The number of aliphatic hydroxyl groups is 3. The maximum atomic E-state index is 12.4. The second kappa shape index (κ2) is 7.18. The summed E-state index contributed by atoms with van der Waals surface area (Å²) in [7, 11) is 6.84. The molecule has 0 saturated carbocycles. The van der Waals surface area contributed by atoms with Crippen LogP contribution in [0.3, 0.4) is 0 Å². The van der Waals surface area contributed by atoms with E-state index in [1.807, 2.05) is 11.0 Å². The van der Waals surface area contributed by atoms with E-state index in [0.29, 0.717) is 22.3 Å². The lowest BCUT2D eigenvalue weighted by Gasteiger charge is -2.47. The molecular weight excluding hydrogens is 363 g/mol. The molecule has 1 fully saturated rings. The number of rotatable bonds is 4. The van der Waals surface area contributed by atoms with E-state index in [0.717, 1.165) is 0 Å². The molecule has 28 heavy (non-hydrogen) atoms. The molecule has 0 bridgehead atoms. The summed E-state index contributed by atoms with van der Waals surface area (Å²) in [6.07, 6.45) is 0.957. The van der Waals surface area contributed by atoms with Crippen molar-refractivity contribution < 1.29 is 20.1 Å². The molecule has 0 amide bonds. The smallest absolute Gasteiger partial charge is 0.268 e. The highest BCUT2D eigenvalue weighted by molar-refractivity contribution is 6.13. The Labute approximate surface area is 162 Å². The lowest BCUT2D eigenvalue weighted by atomic mass is 9.72. The molecule has 3 heterocycles. The van der Waals surface area contributed by atoms with Crippen molar-refractivity contribution in [3.05, 3.63) is 33.9 Å². The van der Waals surface area contributed by atoms with Crippen LogP contribution < -0.4 is 10.5 Å². The highest BCUT2D eigenvalue weighted by Gasteiger charge is 2.48. The van der Waals surface area contributed by atoms with Crippen molar-refractivity contribution in [2.24, 2.45) is 0 Å². The molecule has 3 rings (SSSR count). The van der Waals surface area contributed by atoms with E-state index in [1.165, 1.54) is 13.3 Å². The van der Waals surface area contributed by atoms with Gasteiger partial charge in [0, 0.05) is 25.6 Å². The van der Waals surface area contributed by atoms with Crippen molar-refractivity contribution in [2.75, 3.05) is 25.1 Å². The molecule has 1 saturated heterocycles. The van der Waals surface area contributed by atoms with E-state index in [-0.39, 0.29) is 31.5 Å². The Hall–Kier alpha value is -2.45. The zero-order valence-corrected chi connectivity index (χ0v) is 15.6.